The van der Waals surface area contributed by atoms with Gasteiger partial charge in [0.2, 0.25) is 5.91 Å². The lowest BCUT2D eigenvalue weighted by molar-refractivity contribution is -0.121. The summed E-state index contributed by atoms with van der Waals surface area (Å²) in [5.74, 6) is -0.0707. The second kappa shape index (κ2) is 9.83. The van der Waals surface area contributed by atoms with Gasteiger partial charge >= 0.3 is 5.97 Å². The van der Waals surface area contributed by atoms with Gasteiger partial charge in [-0.2, -0.15) is 0 Å². The molecule has 0 aliphatic carbocycles. The van der Waals surface area contributed by atoms with Gasteiger partial charge < -0.3 is 19.9 Å². The SMILES string of the molecule is CCOc1c(Cl)cc(CNC(=O)CCc2ccc(C(=O)O)cc2)cc1OC. The van der Waals surface area contributed by atoms with E-state index in [1.54, 1.807) is 24.3 Å². The highest BCUT2D eigenvalue weighted by atomic mass is 35.5. The van der Waals surface area contributed by atoms with E-state index in [0.717, 1.165) is 11.1 Å². The number of aryl methyl sites for hydroxylation is 1. The smallest absolute Gasteiger partial charge is 0.335 e. The summed E-state index contributed by atoms with van der Waals surface area (Å²) in [5, 5.41) is 12.2. The van der Waals surface area contributed by atoms with Crippen LogP contribution in [0.4, 0.5) is 0 Å². The highest BCUT2D eigenvalue weighted by molar-refractivity contribution is 6.32. The first kappa shape index (κ1) is 20.6. The zero-order chi connectivity index (χ0) is 19.8. The van der Waals surface area contributed by atoms with Gasteiger partial charge in [-0.25, -0.2) is 4.79 Å². The highest BCUT2D eigenvalue weighted by Crippen LogP contribution is 2.36. The van der Waals surface area contributed by atoms with Gasteiger partial charge in [0, 0.05) is 13.0 Å². The lowest BCUT2D eigenvalue weighted by Gasteiger charge is -2.13. The molecule has 0 saturated carbocycles. The predicted octanol–water partition coefficient (Wildman–Crippen LogP) is 3.69. The van der Waals surface area contributed by atoms with Crippen LogP contribution in [0.3, 0.4) is 0 Å². The fraction of sp³-hybridized carbons (Fsp3) is 0.300. The van der Waals surface area contributed by atoms with Crippen molar-refractivity contribution in [3.05, 3.63) is 58.1 Å². The van der Waals surface area contributed by atoms with E-state index in [9.17, 15) is 9.59 Å². The maximum atomic E-state index is 12.1. The van der Waals surface area contributed by atoms with Crippen LogP contribution in [-0.2, 0) is 17.8 Å². The third-order valence-electron chi connectivity index (χ3n) is 3.91. The number of benzene rings is 2. The molecule has 2 N–H and O–H groups in total. The second-order valence-corrected chi connectivity index (χ2v) is 6.23. The average Bonchev–Trinajstić information content (AvgIpc) is 2.66. The molecule has 0 saturated heterocycles. The Balaban J connectivity index is 1.89. The van der Waals surface area contributed by atoms with Crippen molar-refractivity contribution in [1.29, 1.82) is 0 Å². The molecule has 0 fully saturated rings. The molecule has 2 aromatic rings. The van der Waals surface area contributed by atoms with E-state index in [-0.39, 0.29) is 11.5 Å². The molecule has 6 nitrogen and oxygen atoms in total. The van der Waals surface area contributed by atoms with Crippen LogP contribution in [0.1, 0.15) is 34.8 Å². The van der Waals surface area contributed by atoms with E-state index in [1.807, 2.05) is 6.92 Å². The fourth-order valence-corrected chi connectivity index (χ4v) is 2.81. The summed E-state index contributed by atoms with van der Waals surface area (Å²) in [5.41, 5.74) is 1.94. The monoisotopic (exact) mass is 391 g/mol. The first-order chi connectivity index (χ1) is 12.9. The second-order valence-electron chi connectivity index (χ2n) is 5.82. The standard InChI is InChI=1S/C20H22ClNO5/c1-3-27-19-16(21)10-14(11-17(19)26-2)12-22-18(23)9-6-13-4-7-15(8-5-13)20(24)25/h4-5,7-8,10-11H,3,6,9,12H2,1-2H3,(H,22,23)(H,24,25). The molecule has 2 aromatic carbocycles. The number of carboxylic acids is 1. The number of methoxy groups -OCH3 is 1. The Kier molecular flexibility index (Phi) is 7.49. The summed E-state index contributed by atoms with van der Waals surface area (Å²) >= 11 is 6.22. The van der Waals surface area contributed by atoms with Crippen molar-refractivity contribution in [2.45, 2.75) is 26.3 Å². The number of carbonyl (C=O) groups is 2. The normalized spacial score (nSPS) is 10.3. The van der Waals surface area contributed by atoms with Crippen LogP contribution in [0, 0.1) is 0 Å². The van der Waals surface area contributed by atoms with Gasteiger partial charge in [0.25, 0.3) is 0 Å². The van der Waals surface area contributed by atoms with Crippen LogP contribution in [0.2, 0.25) is 5.02 Å². The summed E-state index contributed by atoms with van der Waals surface area (Å²) in [6.07, 6.45) is 0.827. The Hall–Kier alpha value is -2.73. The van der Waals surface area contributed by atoms with Gasteiger partial charge in [-0.1, -0.05) is 23.7 Å². The summed E-state index contributed by atoms with van der Waals surface area (Å²) in [7, 11) is 1.53. The summed E-state index contributed by atoms with van der Waals surface area (Å²) in [4.78, 5) is 22.9. The number of hydrogen-bond acceptors (Lipinski definition) is 4. The lowest BCUT2D eigenvalue weighted by atomic mass is 10.1. The molecule has 1 amide bonds. The highest BCUT2D eigenvalue weighted by Gasteiger charge is 2.12. The van der Waals surface area contributed by atoms with E-state index in [0.29, 0.717) is 42.5 Å². The maximum absolute atomic E-state index is 12.1. The number of amides is 1. The van der Waals surface area contributed by atoms with Gasteiger partial charge in [-0.05, 0) is 48.7 Å². The molecule has 0 atom stereocenters. The molecule has 0 aliphatic rings. The zero-order valence-electron chi connectivity index (χ0n) is 15.3. The molecule has 2 rings (SSSR count). The average molecular weight is 392 g/mol. The molecule has 0 unspecified atom stereocenters. The minimum absolute atomic E-state index is 0.110. The quantitative estimate of drug-likeness (QED) is 0.680. The molecule has 0 aliphatic heterocycles. The number of rotatable bonds is 9. The van der Waals surface area contributed by atoms with Crippen LogP contribution >= 0.6 is 11.6 Å². The van der Waals surface area contributed by atoms with Crippen LogP contribution in [0.25, 0.3) is 0 Å². The molecule has 0 spiro atoms. The summed E-state index contributed by atoms with van der Waals surface area (Å²) < 4.78 is 10.8. The van der Waals surface area contributed by atoms with E-state index >= 15 is 0 Å². The van der Waals surface area contributed by atoms with Gasteiger partial charge in [-0.3, -0.25) is 4.79 Å². The van der Waals surface area contributed by atoms with Crippen molar-refractivity contribution in [2.75, 3.05) is 13.7 Å². The number of aromatic carboxylic acids is 1. The van der Waals surface area contributed by atoms with Gasteiger partial charge in [-0.15, -0.1) is 0 Å². The van der Waals surface area contributed by atoms with Crippen molar-refractivity contribution in [3.8, 4) is 11.5 Å². The van der Waals surface area contributed by atoms with Crippen molar-refractivity contribution >= 4 is 23.5 Å². The molecule has 0 bridgehead atoms. The van der Waals surface area contributed by atoms with Crippen molar-refractivity contribution in [3.63, 3.8) is 0 Å². The Morgan fingerprint density at radius 3 is 2.44 bits per heavy atom. The van der Waals surface area contributed by atoms with E-state index in [2.05, 4.69) is 5.32 Å². The van der Waals surface area contributed by atoms with Gasteiger partial charge in [0.1, 0.15) is 0 Å². The number of nitrogens with one attached hydrogen (secondary N) is 1. The predicted molar refractivity (Wildman–Crippen MR) is 103 cm³/mol. The first-order valence-electron chi connectivity index (χ1n) is 8.52. The minimum Gasteiger partial charge on any atom is -0.493 e. The summed E-state index contributed by atoms with van der Waals surface area (Å²) in [6, 6.07) is 10.0. The van der Waals surface area contributed by atoms with Crippen molar-refractivity contribution in [1.82, 2.24) is 5.32 Å². The lowest BCUT2D eigenvalue weighted by Crippen LogP contribution is -2.23. The zero-order valence-corrected chi connectivity index (χ0v) is 16.0. The molecule has 0 radical (unpaired) electrons. The van der Waals surface area contributed by atoms with Crippen LogP contribution in [0.15, 0.2) is 36.4 Å². The Morgan fingerprint density at radius 1 is 1.15 bits per heavy atom. The van der Waals surface area contributed by atoms with Gasteiger partial charge in [0.05, 0.1) is 24.3 Å². The molecule has 144 valence electrons. The third kappa shape index (κ3) is 5.89. The number of carboxylic acid groups (broad SMARTS) is 1. The molecular formula is C20H22ClNO5. The van der Waals surface area contributed by atoms with Crippen molar-refractivity contribution < 1.29 is 24.2 Å². The summed E-state index contributed by atoms with van der Waals surface area (Å²) in [6.45, 7) is 2.65. The molecule has 27 heavy (non-hydrogen) atoms. The molecule has 7 heteroatoms. The van der Waals surface area contributed by atoms with Crippen LogP contribution < -0.4 is 14.8 Å². The Bertz CT molecular complexity index is 805. The topological polar surface area (TPSA) is 84.9 Å². The van der Waals surface area contributed by atoms with E-state index < -0.39 is 5.97 Å². The Labute approximate surface area is 163 Å². The van der Waals surface area contributed by atoms with Crippen LogP contribution in [0.5, 0.6) is 11.5 Å². The van der Waals surface area contributed by atoms with Crippen molar-refractivity contribution in [2.24, 2.45) is 0 Å². The largest absolute Gasteiger partial charge is 0.493 e. The van der Waals surface area contributed by atoms with E-state index in [4.69, 9.17) is 26.2 Å². The third-order valence-corrected chi connectivity index (χ3v) is 4.19. The number of ether oxygens (including phenoxy) is 2. The maximum Gasteiger partial charge on any atom is 0.335 e. The van der Waals surface area contributed by atoms with Gasteiger partial charge in [0.15, 0.2) is 11.5 Å². The molecule has 0 heterocycles. The molecule has 0 aromatic heterocycles. The Morgan fingerprint density at radius 2 is 1.85 bits per heavy atom. The minimum atomic E-state index is -0.969. The van der Waals surface area contributed by atoms with E-state index in [1.165, 1.54) is 19.2 Å². The fourth-order valence-electron chi connectivity index (χ4n) is 2.52. The first-order valence-corrected chi connectivity index (χ1v) is 8.90. The number of halogens is 1. The molecular weight excluding hydrogens is 370 g/mol. The number of hydrogen-bond donors (Lipinski definition) is 2. The van der Waals surface area contributed by atoms with Crippen LogP contribution in [-0.4, -0.2) is 30.7 Å². The number of carbonyl (C=O) groups excluding carboxylic acids is 1.